The zero-order chi connectivity index (χ0) is 20.0. The van der Waals surface area contributed by atoms with Crippen LogP contribution in [0.3, 0.4) is 0 Å². The van der Waals surface area contributed by atoms with Gasteiger partial charge in [-0.25, -0.2) is 0 Å². The van der Waals surface area contributed by atoms with Crippen molar-refractivity contribution in [3.05, 3.63) is 0 Å². The third kappa shape index (κ3) is 2.51. The average molecular weight is 433 g/mol. The first-order valence-corrected chi connectivity index (χ1v) is 16.8. The summed E-state index contributed by atoms with van der Waals surface area (Å²) < 4.78 is 2.85. The maximum absolute atomic E-state index is 1.76. The second-order valence-electron chi connectivity index (χ2n) is 16.3. The van der Waals surface area contributed by atoms with E-state index in [0.717, 1.165) is 12.8 Å². The van der Waals surface area contributed by atoms with Crippen LogP contribution < -0.4 is 0 Å². The van der Waals surface area contributed by atoms with E-state index in [9.17, 15) is 0 Å². The lowest BCUT2D eigenvalue weighted by Crippen LogP contribution is -2.64. The largest absolute Gasteiger partial charge is 0.283 e. The van der Waals surface area contributed by atoms with Crippen molar-refractivity contribution in [1.82, 2.24) is 0 Å². The van der Waals surface area contributed by atoms with E-state index in [1.165, 1.54) is 53.3 Å². The maximum atomic E-state index is 1.76. The molecule has 0 nitrogen and oxygen atoms in total. The second kappa shape index (κ2) is 6.02. The summed E-state index contributed by atoms with van der Waals surface area (Å²) in [6.45, 7) is 0. The Morgan fingerprint density at radius 2 is 0.452 bits per heavy atom. The van der Waals surface area contributed by atoms with Crippen LogP contribution in [0.25, 0.3) is 0 Å². The van der Waals surface area contributed by atoms with Crippen molar-refractivity contribution < 1.29 is 0 Å². The highest BCUT2D eigenvalue weighted by Gasteiger charge is 2.72. The average Bonchev–Trinajstić information content (AvgIpc) is 2.63. The summed E-state index contributed by atoms with van der Waals surface area (Å²) in [7, 11) is 0. The molecule has 0 spiro atoms. The minimum absolute atomic E-state index is 0.871. The van der Waals surface area contributed by atoms with Crippen molar-refractivity contribution in [3.63, 3.8) is 0 Å². The highest BCUT2D eigenvalue weighted by atomic mass is 27.2. The molecule has 12 saturated carbocycles. The topological polar surface area (TPSA) is 0 Å². The molecule has 0 N–H and O–H groups in total. The maximum Gasteiger partial charge on any atom is 0.283 e. The van der Waals surface area contributed by atoms with Gasteiger partial charge in [0, 0.05) is 0 Å². The molecule has 12 aliphatic rings. The molecule has 0 aromatic carbocycles. The van der Waals surface area contributed by atoms with Crippen molar-refractivity contribution >= 4 is 14.1 Å². The smallest absolute Gasteiger partial charge is 0.0690 e. The molecule has 12 aliphatic carbocycles. The second-order valence-corrected chi connectivity index (χ2v) is 20.8. The first-order valence-electron chi connectivity index (χ1n) is 15.1. The van der Waals surface area contributed by atoms with Crippen LogP contribution in [0.4, 0.5) is 0 Å². The Morgan fingerprint density at radius 1 is 0.290 bits per heavy atom. The van der Waals surface area contributed by atoms with Gasteiger partial charge in [-0.05, 0) is 111 Å². The van der Waals surface area contributed by atoms with Gasteiger partial charge in [0.25, 0.3) is 14.1 Å². The zero-order valence-electron chi connectivity index (χ0n) is 20.0. The van der Waals surface area contributed by atoms with Crippen LogP contribution in [0.5, 0.6) is 0 Å². The molecule has 0 saturated heterocycles. The molecule has 0 amide bonds. The fourth-order valence-electron chi connectivity index (χ4n) is 15.5. The Labute approximate surface area is 195 Å². The van der Waals surface area contributed by atoms with Gasteiger partial charge in [0.15, 0.2) is 0 Å². The van der Waals surface area contributed by atoms with Gasteiger partial charge in [0.05, 0.1) is 0 Å². The molecule has 12 bridgehead atoms. The molecule has 0 radical (unpaired) electrons. The predicted molar refractivity (Wildman–Crippen MR) is 128 cm³/mol. The van der Waals surface area contributed by atoms with Crippen LogP contribution in [-0.2, 0) is 0 Å². The van der Waals surface area contributed by atoms with E-state index in [1.807, 2.05) is 0 Å². The number of hydrogen-bond acceptors (Lipinski definition) is 0. The van der Waals surface area contributed by atoms with Gasteiger partial charge in [-0.15, -0.1) is 0 Å². The van der Waals surface area contributed by atoms with Gasteiger partial charge >= 0.3 is 0 Å². The van der Waals surface area contributed by atoms with E-state index in [-0.39, 0.29) is 0 Å². The summed E-state index contributed by atoms with van der Waals surface area (Å²) >= 11 is -0.871. The zero-order valence-corrected chi connectivity index (χ0v) is 21.2. The Morgan fingerprint density at radius 3 is 0.613 bits per heavy atom. The predicted octanol–water partition coefficient (Wildman–Crippen LogP) is 8.39. The highest BCUT2D eigenvalue weighted by Crippen LogP contribution is 2.81. The Hall–Kier alpha value is 0.532. The summed E-state index contributed by atoms with van der Waals surface area (Å²) in [4.78, 5) is 0. The molecule has 0 heterocycles. The van der Waals surface area contributed by atoms with Gasteiger partial charge < -0.3 is 0 Å². The Kier molecular flexibility index (Phi) is 3.65. The molecule has 0 aliphatic heterocycles. The van der Waals surface area contributed by atoms with Crippen molar-refractivity contribution in [2.75, 3.05) is 0 Å². The molecule has 12 rings (SSSR count). The third-order valence-electron chi connectivity index (χ3n) is 14.1. The van der Waals surface area contributed by atoms with E-state index >= 15 is 0 Å². The molecule has 0 atom stereocenters. The van der Waals surface area contributed by atoms with Gasteiger partial charge in [0.1, 0.15) is 0 Å². The monoisotopic (exact) mass is 432 g/mol. The molecular formula is C30H45Al. The van der Waals surface area contributed by atoms with E-state index in [2.05, 4.69) is 0 Å². The lowest BCUT2D eigenvalue weighted by Gasteiger charge is -2.72. The first-order chi connectivity index (χ1) is 15.1. The normalized spacial score (nSPS) is 64.5. The van der Waals surface area contributed by atoms with Crippen molar-refractivity contribution in [2.45, 2.75) is 128 Å². The minimum atomic E-state index is -0.871. The van der Waals surface area contributed by atoms with Crippen molar-refractivity contribution in [2.24, 2.45) is 53.3 Å². The fourth-order valence-corrected chi connectivity index (χ4v) is 24.6. The summed E-state index contributed by atoms with van der Waals surface area (Å²) in [5.74, 6) is 10.7. The van der Waals surface area contributed by atoms with E-state index in [0.29, 0.717) is 0 Å². The number of rotatable bonds is 3. The highest BCUT2D eigenvalue weighted by molar-refractivity contribution is 6.69. The SMILES string of the molecule is C1C2CC3CC1C[C]([Al]([C]14CC5CC(CC(C5)C1)C4)[C]14CC5CC(CC(C5)C1)C4)(C2)C3. The van der Waals surface area contributed by atoms with Gasteiger partial charge in [-0.1, -0.05) is 70.6 Å². The first kappa shape index (κ1) is 18.8. The Bertz CT molecular complexity index is 582. The molecule has 1 heteroatoms. The van der Waals surface area contributed by atoms with E-state index in [1.54, 1.807) is 116 Å². The van der Waals surface area contributed by atoms with Crippen LogP contribution in [0.2, 0.25) is 12.8 Å². The molecule has 0 aromatic heterocycles. The number of hydrogen-bond donors (Lipinski definition) is 0. The minimum Gasteiger partial charge on any atom is -0.0690 e. The molecule has 31 heavy (non-hydrogen) atoms. The molecule has 12 fully saturated rings. The third-order valence-corrected chi connectivity index (χ3v) is 19.9. The van der Waals surface area contributed by atoms with Crippen LogP contribution in [-0.4, -0.2) is 14.1 Å². The molecule has 168 valence electrons. The molecule has 0 aromatic rings. The summed E-state index contributed by atoms with van der Waals surface area (Å²) in [6.07, 6.45) is 30.9. The standard InChI is InChI=1S/3C10H15.Al/c3*1-7-2-9-4-8(1)5-10(3-7)6-9;/h3*7-9H,1-6H2;. The van der Waals surface area contributed by atoms with Crippen molar-refractivity contribution in [3.8, 4) is 0 Å². The summed E-state index contributed by atoms with van der Waals surface area (Å²) in [5, 5.41) is 0. The van der Waals surface area contributed by atoms with Crippen LogP contribution >= 0.6 is 0 Å². The lowest BCUT2D eigenvalue weighted by atomic mass is 9.54. The molecular weight excluding hydrogens is 387 g/mol. The summed E-state index contributed by atoms with van der Waals surface area (Å²) in [6, 6.07) is 0. The van der Waals surface area contributed by atoms with Gasteiger partial charge in [0.2, 0.25) is 0 Å². The van der Waals surface area contributed by atoms with Crippen molar-refractivity contribution in [1.29, 1.82) is 0 Å². The van der Waals surface area contributed by atoms with Crippen LogP contribution in [0.1, 0.15) is 116 Å². The summed E-state index contributed by atoms with van der Waals surface area (Å²) in [5.41, 5.74) is 0. The Balaban J connectivity index is 1.21. The quantitative estimate of drug-likeness (QED) is 0.393. The lowest BCUT2D eigenvalue weighted by molar-refractivity contribution is -0.0174. The van der Waals surface area contributed by atoms with Gasteiger partial charge in [-0.3, -0.25) is 0 Å². The van der Waals surface area contributed by atoms with E-state index in [4.69, 9.17) is 0 Å². The van der Waals surface area contributed by atoms with Gasteiger partial charge in [-0.2, -0.15) is 0 Å². The van der Waals surface area contributed by atoms with Crippen LogP contribution in [0, 0.1) is 53.3 Å². The molecule has 0 unspecified atom stereocenters. The van der Waals surface area contributed by atoms with Crippen LogP contribution in [0.15, 0.2) is 0 Å². The van der Waals surface area contributed by atoms with E-state index < -0.39 is 14.1 Å². The fraction of sp³-hybridized carbons (Fsp3) is 1.00.